The van der Waals surface area contributed by atoms with Crippen LogP contribution in [0.15, 0.2) is 53.9 Å². The van der Waals surface area contributed by atoms with Crippen LogP contribution < -0.4 is 10.2 Å². The predicted octanol–water partition coefficient (Wildman–Crippen LogP) is 4.46. The second kappa shape index (κ2) is 8.75. The lowest BCUT2D eigenvalue weighted by Crippen LogP contribution is -2.49. The Balaban J connectivity index is 2.16. The summed E-state index contributed by atoms with van der Waals surface area (Å²) in [4.78, 5) is 28.5. The van der Waals surface area contributed by atoms with E-state index in [0.29, 0.717) is 5.69 Å². The highest BCUT2D eigenvalue weighted by Gasteiger charge is 2.35. The first-order valence-corrected chi connectivity index (χ1v) is 10.6. The van der Waals surface area contributed by atoms with Crippen molar-refractivity contribution in [1.82, 2.24) is 14.9 Å². The first-order chi connectivity index (χ1) is 14.2. The van der Waals surface area contributed by atoms with Gasteiger partial charge in [-0.25, -0.2) is 0 Å². The minimum Gasteiger partial charge on any atom is -0.349 e. The molecule has 0 unspecified atom stereocenters. The minimum absolute atomic E-state index is 0.209. The molecule has 0 saturated carbocycles. The average molecular weight is 423 g/mol. The van der Waals surface area contributed by atoms with Crippen LogP contribution in [0.1, 0.15) is 54.0 Å². The molecule has 156 valence electrons. The first-order valence-electron chi connectivity index (χ1n) is 9.71. The van der Waals surface area contributed by atoms with Gasteiger partial charge in [-0.15, -0.1) is 5.10 Å². The Morgan fingerprint density at radius 1 is 0.967 bits per heavy atom. The largest absolute Gasteiger partial charge is 0.349 e. The number of benzene rings is 2. The van der Waals surface area contributed by atoms with Gasteiger partial charge in [-0.2, -0.15) is 0 Å². The molecule has 0 fully saturated rings. The topological polar surface area (TPSA) is 75.2 Å². The number of amides is 2. The van der Waals surface area contributed by atoms with E-state index in [1.165, 1.54) is 4.90 Å². The van der Waals surface area contributed by atoms with Crippen molar-refractivity contribution in [1.29, 1.82) is 0 Å². The molecular formula is C23H26N4O2S. The Morgan fingerprint density at radius 2 is 1.53 bits per heavy atom. The van der Waals surface area contributed by atoms with Gasteiger partial charge in [0, 0.05) is 16.6 Å². The summed E-state index contributed by atoms with van der Waals surface area (Å²) in [7, 11) is 0. The van der Waals surface area contributed by atoms with Gasteiger partial charge >= 0.3 is 0 Å². The molecule has 3 rings (SSSR count). The number of nitrogens with one attached hydrogen (secondary N) is 1. The lowest BCUT2D eigenvalue weighted by molar-refractivity contribution is -0.123. The van der Waals surface area contributed by atoms with E-state index >= 15 is 0 Å². The maximum atomic E-state index is 13.5. The molecule has 0 aliphatic carbocycles. The molecule has 1 N–H and O–H groups in total. The molecule has 0 saturated heterocycles. The molecular weight excluding hydrogens is 396 g/mol. The molecule has 0 radical (unpaired) electrons. The molecule has 1 heterocycles. The third kappa shape index (κ3) is 5.10. The van der Waals surface area contributed by atoms with Crippen molar-refractivity contribution < 1.29 is 9.59 Å². The Morgan fingerprint density at radius 3 is 2.03 bits per heavy atom. The molecule has 0 spiro atoms. The van der Waals surface area contributed by atoms with Crippen molar-refractivity contribution in [2.24, 2.45) is 0 Å². The maximum absolute atomic E-state index is 13.5. The van der Waals surface area contributed by atoms with E-state index in [9.17, 15) is 9.59 Å². The van der Waals surface area contributed by atoms with Crippen LogP contribution in [0.5, 0.6) is 0 Å². The summed E-state index contributed by atoms with van der Waals surface area (Å²) < 4.78 is 3.82. The number of hydrogen-bond donors (Lipinski definition) is 1. The third-order valence-corrected chi connectivity index (χ3v) is 5.01. The first kappa shape index (κ1) is 21.6. The molecule has 3 aromatic rings. The summed E-state index contributed by atoms with van der Waals surface area (Å²) in [5, 5.41) is 8.57. The van der Waals surface area contributed by atoms with E-state index in [1.54, 1.807) is 5.38 Å². The van der Waals surface area contributed by atoms with Gasteiger partial charge in [0.15, 0.2) is 5.69 Å². The fraction of sp³-hybridized carbons (Fsp3) is 0.304. The Hall–Kier alpha value is -3.06. The van der Waals surface area contributed by atoms with Crippen LogP contribution in [-0.2, 0) is 4.79 Å². The van der Waals surface area contributed by atoms with Crippen LogP contribution in [0, 0.1) is 13.8 Å². The number of rotatable bonds is 5. The lowest BCUT2D eigenvalue weighted by Gasteiger charge is -2.33. The number of aryl methyl sites for hydroxylation is 2. The van der Waals surface area contributed by atoms with Crippen LogP contribution in [0.3, 0.4) is 0 Å². The standard InChI is InChI=1S/C23H26N4O2S/c1-15-6-10-17(11-7-15)20(21(28)24-23(3,4)5)27(18-12-8-16(2)9-13-18)22(29)19-14-30-26-25-19/h6-14,20H,1-5H3,(H,24,28)/t20-/m1/s1. The number of hydrogen-bond acceptors (Lipinski definition) is 5. The fourth-order valence-electron chi connectivity index (χ4n) is 3.07. The van der Waals surface area contributed by atoms with E-state index in [2.05, 4.69) is 14.9 Å². The number of nitrogens with zero attached hydrogens (tertiary/aromatic N) is 3. The van der Waals surface area contributed by atoms with Gasteiger partial charge in [-0.1, -0.05) is 52.0 Å². The van der Waals surface area contributed by atoms with Gasteiger partial charge in [0.25, 0.3) is 5.91 Å². The van der Waals surface area contributed by atoms with Crippen LogP contribution in [-0.4, -0.2) is 26.9 Å². The maximum Gasteiger partial charge on any atom is 0.280 e. The lowest BCUT2D eigenvalue weighted by atomic mass is 9.99. The summed E-state index contributed by atoms with van der Waals surface area (Å²) in [6.07, 6.45) is 0. The zero-order valence-electron chi connectivity index (χ0n) is 17.8. The number of anilines is 1. The molecule has 0 bridgehead atoms. The van der Waals surface area contributed by atoms with Crippen molar-refractivity contribution in [3.63, 3.8) is 0 Å². The molecule has 0 aliphatic rings. The summed E-state index contributed by atoms with van der Waals surface area (Å²) in [5.41, 5.74) is 3.23. The van der Waals surface area contributed by atoms with Gasteiger partial charge in [0.05, 0.1) is 0 Å². The van der Waals surface area contributed by atoms with Crippen LogP contribution in [0.4, 0.5) is 5.69 Å². The molecule has 1 atom stereocenters. The average Bonchev–Trinajstić information content (AvgIpc) is 3.21. The Kier molecular flexibility index (Phi) is 6.31. The van der Waals surface area contributed by atoms with Crippen LogP contribution in [0.2, 0.25) is 0 Å². The molecule has 30 heavy (non-hydrogen) atoms. The van der Waals surface area contributed by atoms with Crippen molar-refractivity contribution in [2.75, 3.05) is 4.90 Å². The van der Waals surface area contributed by atoms with Gasteiger partial charge < -0.3 is 5.32 Å². The van der Waals surface area contributed by atoms with Crippen molar-refractivity contribution >= 4 is 29.0 Å². The van der Waals surface area contributed by atoms with Gasteiger partial charge in [-0.05, 0) is 63.8 Å². The summed E-state index contributed by atoms with van der Waals surface area (Å²) >= 11 is 1.10. The Labute approximate surface area is 181 Å². The van der Waals surface area contributed by atoms with Gasteiger partial charge in [0.1, 0.15) is 6.04 Å². The molecule has 2 amide bonds. The molecule has 1 aromatic heterocycles. The third-order valence-electron chi connectivity index (χ3n) is 4.51. The minimum atomic E-state index is -0.860. The number of aromatic nitrogens is 2. The van der Waals surface area contributed by atoms with Gasteiger partial charge in [-0.3, -0.25) is 14.5 Å². The Bertz CT molecular complexity index is 1010. The highest BCUT2D eigenvalue weighted by Crippen LogP contribution is 2.30. The van der Waals surface area contributed by atoms with Gasteiger partial charge in [0.2, 0.25) is 5.91 Å². The fourth-order valence-corrected chi connectivity index (χ4v) is 3.50. The molecule has 2 aromatic carbocycles. The summed E-state index contributed by atoms with van der Waals surface area (Å²) in [6, 6.07) is 14.3. The van der Waals surface area contributed by atoms with E-state index < -0.39 is 11.6 Å². The molecule has 6 nitrogen and oxygen atoms in total. The monoisotopic (exact) mass is 422 g/mol. The smallest absolute Gasteiger partial charge is 0.280 e. The van der Waals surface area contributed by atoms with E-state index in [0.717, 1.165) is 28.2 Å². The number of carbonyl (C=O) groups excluding carboxylic acids is 2. The SMILES string of the molecule is Cc1ccc([C@H](C(=O)NC(C)(C)C)N(C(=O)c2csnn2)c2ccc(C)cc2)cc1. The van der Waals surface area contributed by atoms with Crippen LogP contribution in [0.25, 0.3) is 0 Å². The highest BCUT2D eigenvalue weighted by atomic mass is 32.1. The summed E-state index contributed by atoms with van der Waals surface area (Å²) in [6.45, 7) is 9.71. The molecule has 0 aliphatic heterocycles. The van der Waals surface area contributed by atoms with Crippen molar-refractivity contribution in [2.45, 2.75) is 46.2 Å². The molecule has 7 heteroatoms. The highest BCUT2D eigenvalue weighted by molar-refractivity contribution is 7.03. The zero-order valence-corrected chi connectivity index (χ0v) is 18.7. The second-order valence-corrected chi connectivity index (χ2v) is 8.96. The number of carbonyl (C=O) groups is 2. The van der Waals surface area contributed by atoms with Crippen molar-refractivity contribution in [3.05, 3.63) is 76.3 Å². The van der Waals surface area contributed by atoms with E-state index in [4.69, 9.17) is 0 Å². The van der Waals surface area contributed by atoms with Crippen LogP contribution >= 0.6 is 11.5 Å². The zero-order chi connectivity index (χ0) is 21.9. The van der Waals surface area contributed by atoms with Crippen molar-refractivity contribution in [3.8, 4) is 0 Å². The second-order valence-electron chi connectivity index (χ2n) is 8.35. The predicted molar refractivity (Wildman–Crippen MR) is 120 cm³/mol. The normalized spacial score (nSPS) is 12.3. The van der Waals surface area contributed by atoms with E-state index in [1.807, 2.05) is 83.1 Å². The van der Waals surface area contributed by atoms with E-state index in [-0.39, 0.29) is 17.5 Å². The quantitative estimate of drug-likeness (QED) is 0.659. The summed E-state index contributed by atoms with van der Waals surface area (Å²) in [5.74, 6) is -0.634.